The summed E-state index contributed by atoms with van der Waals surface area (Å²) in [7, 11) is 3.28. The average Bonchev–Trinajstić information content (AvgIpc) is 4.08. The Hall–Kier alpha value is -7.74. The van der Waals surface area contributed by atoms with Gasteiger partial charge in [0.25, 0.3) is 0 Å². The molecule has 0 saturated carbocycles. The standard InChI is InChI=1S/C30H29N7O2.C25H22BrN7O/c1-38-29-5-2-20(13-33-29)16-36-25-11-26(36)19-35(18-25)28-4-3-22(14-32-28)27-10-23(21-6-8-39-9-7-21)17-37-30(27)24(12-31)15-34-37;1-34-24-5-2-16(9-29-24)12-32-20-7-21(32)15-31(14-20)23-4-3-17(10-28-23)22-6-19(26)13-33-25(22)18(8-27)11-30-33/h2-6,10,13-15,17,25-26H,7-9,11,16,18-19H2,1H3;2-6,9-11,13,20-21H,7,12,14-15H2,1H3. The fraction of sp³-hybridized carbons (Fsp3) is 0.309. The first-order valence-corrected chi connectivity index (χ1v) is 25.3. The summed E-state index contributed by atoms with van der Waals surface area (Å²) < 4.78 is 20.3. The van der Waals surface area contributed by atoms with Gasteiger partial charge in [-0.05, 0) is 93.9 Å². The molecule has 366 valence electrons. The third kappa shape index (κ3) is 9.01. The molecule has 4 atom stereocenters. The minimum absolute atomic E-state index is 0.515. The SMILES string of the molecule is COc1ccc(CN2C3CC2CN(c2ccc(-c4cc(Br)cn5ncc(C#N)c45)cn2)C3)cn1.COc1ccc(CN2C3CC2CN(c2ccc(-c4cc(C5=CCOCC5)cn5ncc(C#N)c45)cn2)C3)cn1. The summed E-state index contributed by atoms with van der Waals surface area (Å²) in [6.45, 7) is 7.01. The fourth-order valence-corrected chi connectivity index (χ4v) is 11.6. The largest absolute Gasteiger partial charge is 0.481 e. The molecule has 0 aliphatic carbocycles. The van der Waals surface area contributed by atoms with Crippen molar-refractivity contribution >= 4 is 44.2 Å². The maximum absolute atomic E-state index is 9.73. The Morgan fingerprint density at radius 1 is 0.616 bits per heavy atom. The number of fused-ring (bicyclic) bond motifs is 6. The third-order valence-corrected chi connectivity index (χ3v) is 15.4. The van der Waals surface area contributed by atoms with Gasteiger partial charge in [-0.15, -0.1) is 0 Å². The van der Waals surface area contributed by atoms with E-state index in [0.29, 0.717) is 60.3 Å². The van der Waals surface area contributed by atoms with Crippen LogP contribution in [0.5, 0.6) is 11.8 Å². The van der Waals surface area contributed by atoms with E-state index in [9.17, 15) is 10.5 Å². The number of pyridine rings is 6. The summed E-state index contributed by atoms with van der Waals surface area (Å²) in [6.07, 6.45) is 20.2. The molecule has 18 heteroatoms. The Kier molecular flexibility index (Phi) is 12.5. The number of anilines is 2. The van der Waals surface area contributed by atoms with Crippen LogP contribution >= 0.6 is 15.9 Å². The Bertz CT molecular complexity index is 3420. The molecule has 0 N–H and O–H groups in total. The van der Waals surface area contributed by atoms with Crippen LogP contribution in [0, 0.1) is 22.7 Å². The third-order valence-electron chi connectivity index (χ3n) is 15.0. The number of piperazine rings is 2. The van der Waals surface area contributed by atoms with Crippen LogP contribution < -0.4 is 19.3 Å². The van der Waals surface area contributed by atoms with E-state index >= 15 is 0 Å². The molecule has 15 heterocycles. The van der Waals surface area contributed by atoms with Crippen molar-refractivity contribution in [2.75, 3.05) is 63.4 Å². The molecule has 0 amide bonds. The zero-order valence-corrected chi connectivity index (χ0v) is 42.0. The first kappa shape index (κ1) is 46.3. The van der Waals surface area contributed by atoms with Crippen molar-refractivity contribution in [2.45, 2.75) is 56.5 Å². The highest BCUT2D eigenvalue weighted by molar-refractivity contribution is 9.10. The first-order valence-electron chi connectivity index (χ1n) is 24.5. The van der Waals surface area contributed by atoms with Gasteiger partial charge in [-0.2, -0.15) is 20.7 Å². The zero-order valence-electron chi connectivity index (χ0n) is 40.4. The van der Waals surface area contributed by atoms with E-state index in [4.69, 9.17) is 24.2 Å². The number of nitriles is 2. The van der Waals surface area contributed by atoms with Crippen molar-refractivity contribution in [3.05, 3.63) is 149 Å². The fourth-order valence-electron chi connectivity index (χ4n) is 11.2. The summed E-state index contributed by atoms with van der Waals surface area (Å²) in [4.78, 5) is 28.3. The minimum atomic E-state index is 0.515. The summed E-state index contributed by atoms with van der Waals surface area (Å²) in [5.41, 5.74) is 11.3. The van der Waals surface area contributed by atoms with Crippen LogP contribution in [-0.2, 0) is 17.8 Å². The second-order valence-corrected chi connectivity index (χ2v) is 20.1. The molecule has 6 fully saturated rings. The van der Waals surface area contributed by atoms with Crippen LogP contribution in [0.1, 0.15) is 47.1 Å². The molecule has 73 heavy (non-hydrogen) atoms. The number of hydrogen-bond acceptors (Lipinski definition) is 15. The number of nitrogens with zero attached hydrogens (tertiary/aromatic N) is 14. The van der Waals surface area contributed by atoms with Crippen LogP contribution in [0.15, 0.2) is 121 Å². The summed E-state index contributed by atoms with van der Waals surface area (Å²) in [5, 5.41) is 28.0. The molecule has 0 radical (unpaired) electrons. The van der Waals surface area contributed by atoms with E-state index in [1.54, 1.807) is 31.1 Å². The predicted octanol–water partition coefficient (Wildman–Crippen LogP) is 7.84. The van der Waals surface area contributed by atoms with Crippen molar-refractivity contribution < 1.29 is 14.2 Å². The number of halogens is 1. The van der Waals surface area contributed by atoms with Gasteiger partial charge in [0.15, 0.2) is 0 Å². The van der Waals surface area contributed by atoms with Gasteiger partial charge in [0.05, 0.1) is 62.0 Å². The Morgan fingerprint density at radius 2 is 1.14 bits per heavy atom. The molecule has 8 aromatic rings. The number of methoxy groups -OCH3 is 2. The lowest BCUT2D eigenvalue weighted by atomic mass is 9.87. The number of ether oxygens (including phenoxy) is 3. The van der Waals surface area contributed by atoms with Crippen LogP contribution in [0.4, 0.5) is 11.6 Å². The minimum Gasteiger partial charge on any atom is -0.481 e. The number of rotatable bonds is 11. The first-order chi connectivity index (χ1) is 35.8. The normalized spacial score (nSPS) is 20.3. The van der Waals surface area contributed by atoms with Crippen molar-refractivity contribution in [3.8, 4) is 46.2 Å². The molecule has 7 aliphatic heterocycles. The highest BCUT2D eigenvalue weighted by Gasteiger charge is 2.46. The van der Waals surface area contributed by atoms with Gasteiger partial charge in [0.1, 0.15) is 23.8 Å². The maximum Gasteiger partial charge on any atom is 0.212 e. The summed E-state index contributed by atoms with van der Waals surface area (Å²) in [5.74, 6) is 3.28. The summed E-state index contributed by atoms with van der Waals surface area (Å²) in [6, 6.07) is 27.2. The van der Waals surface area contributed by atoms with Crippen LogP contribution in [0.3, 0.4) is 0 Å². The summed E-state index contributed by atoms with van der Waals surface area (Å²) >= 11 is 3.55. The Labute approximate surface area is 430 Å². The van der Waals surface area contributed by atoms with Gasteiger partial charge in [-0.1, -0.05) is 18.2 Å². The van der Waals surface area contributed by atoms with Gasteiger partial charge >= 0.3 is 0 Å². The number of piperidine rings is 2. The van der Waals surface area contributed by atoms with Gasteiger partial charge < -0.3 is 24.0 Å². The van der Waals surface area contributed by atoms with E-state index < -0.39 is 0 Å². The molecule has 7 aliphatic rings. The maximum atomic E-state index is 9.73. The van der Waals surface area contributed by atoms with Gasteiger partial charge in [-0.25, -0.2) is 29.0 Å². The van der Waals surface area contributed by atoms with E-state index in [1.807, 2.05) is 59.9 Å². The van der Waals surface area contributed by atoms with Crippen molar-refractivity contribution in [3.63, 3.8) is 0 Å². The average molecular weight is 1040 g/mol. The van der Waals surface area contributed by atoms with E-state index in [0.717, 1.165) is 101 Å². The van der Waals surface area contributed by atoms with Crippen molar-refractivity contribution in [2.24, 2.45) is 0 Å². The van der Waals surface area contributed by atoms with Crippen molar-refractivity contribution in [1.29, 1.82) is 10.5 Å². The second-order valence-electron chi connectivity index (χ2n) is 19.2. The quantitative estimate of drug-likeness (QED) is 0.123. The Balaban J connectivity index is 0.000000150. The van der Waals surface area contributed by atoms with Gasteiger partial charge in [0, 0.05) is 139 Å². The van der Waals surface area contributed by atoms with Crippen LogP contribution in [0.2, 0.25) is 0 Å². The highest BCUT2D eigenvalue weighted by Crippen LogP contribution is 2.39. The zero-order chi connectivity index (χ0) is 49.6. The molecular weight excluding hydrogens is 985 g/mol. The lowest BCUT2D eigenvalue weighted by Crippen LogP contribution is -2.68. The molecule has 0 spiro atoms. The number of aromatic nitrogens is 8. The topological polar surface area (TPSA) is 174 Å². The molecule has 4 unspecified atom stereocenters. The smallest absolute Gasteiger partial charge is 0.212 e. The monoisotopic (exact) mass is 1030 g/mol. The molecule has 0 aromatic carbocycles. The predicted molar refractivity (Wildman–Crippen MR) is 279 cm³/mol. The lowest BCUT2D eigenvalue weighted by Gasteiger charge is -2.56. The lowest BCUT2D eigenvalue weighted by molar-refractivity contribution is -0.00879. The van der Waals surface area contributed by atoms with Crippen LogP contribution in [-0.4, -0.2) is 127 Å². The highest BCUT2D eigenvalue weighted by atomic mass is 79.9. The van der Waals surface area contributed by atoms with E-state index in [-0.39, 0.29) is 0 Å². The molecule has 6 saturated heterocycles. The van der Waals surface area contributed by atoms with Gasteiger partial charge in [-0.3, -0.25) is 9.80 Å². The van der Waals surface area contributed by atoms with Crippen LogP contribution in [0.25, 0.3) is 38.9 Å². The molecule has 8 aromatic heterocycles. The molecule has 17 nitrogen and oxygen atoms in total. The second kappa shape index (κ2) is 19.7. The molecule has 4 bridgehead atoms. The van der Waals surface area contributed by atoms with Gasteiger partial charge in [0.2, 0.25) is 11.8 Å². The van der Waals surface area contributed by atoms with Crippen molar-refractivity contribution in [1.82, 2.24) is 49.0 Å². The number of hydrogen-bond donors (Lipinski definition) is 0. The van der Waals surface area contributed by atoms with E-state index in [2.05, 4.69) is 116 Å². The Morgan fingerprint density at radius 3 is 1.58 bits per heavy atom. The molecule has 15 rings (SSSR count). The van der Waals surface area contributed by atoms with E-state index in [1.165, 1.54) is 29.5 Å². The molecular formula is C55H51BrN14O3.